The van der Waals surface area contributed by atoms with Gasteiger partial charge >= 0.3 is 6.03 Å². The summed E-state index contributed by atoms with van der Waals surface area (Å²) in [5, 5.41) is 5.49. The summed E-state index contributed by atoms with van der Waals surface area (Å²) >= 11 is 1.18. The lowest BCUT2D eigenvalue weighted by atomic mass is 10.1. The molecule has 2 aromatic rings. The SMILES string of the molecule is CC(=O)SCCN(CCc1ccccc1)C(=O)N[C@@H](C)C(=O)Nc1ccncc1. The molecular weight excluding hydrogens is 388 g/mol. The zero-order valence-electron chi connectivity index (χ0n) is 16.6. The van der Waals surface area contributed by atoms with E-state index in [1.54, 1.807) is 36.4 Å². The first-order valence-electron chi connectivity index (χ1n) is 9.39. The number of hydrogen-bond donors (Lipinski definition) is 2. The molecule has 0 unspecified atom stereocenters. The molecule has 0 aliphatic carbocycles. The average Bonchev–Trinajstić information content (AvgIpc) is 2.71. The summed E-state index contributed by atoms with van der Waals surface area (Å²) in [6.45, 7) is 4.05. The highest BCUT2D eigenvalue weighted by molar-refractivity contribution is 8.13. The first kappa shape index (κ1) is 22.4. The predicted octanol–water partition coefficient (Wildman–Crippen LogP) is 2.94. The van der Waals surface area contributed by atoms with Gasteiger partial charge in [-0.2, -0.15) is 0 Å². The van der Waals surface area contributed by atoms with Gasteiger partial charge in [-0.05, 0) is 31.0 Å². The molecule has 0 saturated carbocycles. The highest BCUT2D eigenvalue weighted by Gasteiger charge is 2.20. The first-order chi connectivity index (χ1) is 14.0. The number of amides is 3. The van der Waals surface area contributed by atoms with Crippen molar-refractivity contribution in [3.05, 3.63) is 60.4 Å². The molecule has 2 N–H and O–H groups in total. The smallest absolute Gasteiger partial charge is 0.318 e. The number of benzene rings is 1. The van der Waals surface area contributed by atoms with Crippen molar-refractivity contribution in [2.24, 2.45) is 0 Å². The van der Waals surface area contributed by atoms with Gasteiger partial charge in [-0.25, -0.2) is 4.79 Å². The third-order valence-corrected chi connectivity index (χ3v) is 4.94. The zero-order valence-corrected chi connectivity index (χ0v) is 17.4. The van der Waals surface area contributed by atoms with Crippen molar-refractivity contribution >= 4 is 34.5 Å². The lowest BCUT2D eigenvalue weighted by molar-refractivity contribution is -0.117. The predicted molar refractivity (Wildman–Crippen MR) is 116 cm³/mol. The van der Waals surface area contributed by atoms with Gasteiger partial charge in [-0.3, -0.25) is 14.6 Å². The maximum Gasteiger partial charge on any atom is 0.318 e. The second kappa shape index (κ2) is 11.9. The Morgan fingerprint density at radius 1 is 1.07 bits per heavy atom. The van der Waals surface area contributed by atoms with E-state index in [0.29, 0.717) is 31.0 Å². The molecule has 0 aliphatic rings. The zero-order chi connectivity index (χ0) is 21.1. The van der Waals surface area contributed by atoms with Crippen molar-refractivity contribution in [1.82, 2.24) is 15.2 Å². The standard InChI is InChI=1S/C21H26N4O3S/c1-16(20(27)24-19-8-11-22-12-9-19)23-21(28)25(14-15-29-17(2)26)13-10-18-6-4-3-5-7-18/h3-9,11-12,16H,10,13-15H2,1-2H3,(H,23,28)(H,22,24,27)/t16-/m0/s1. The number of urea groups is 1. The highest BCUT2D eigenvalue weighted by atomic mass is 32.2. The topological polar surface area (TPSA) is 91.4 Å². The number of carbonyl (C=O) groups excluding carboxylic acids is 3. The normalized spacial score (nSPS) is 11.4. The van der Waals surface area contributed by atoms with E-state index in [-0.39, 0.29) is 17.1 Å². The van der Waals surface area contributed by atoms with E-state index in [1.807, 2.05) is 30.3 Å². The molecule has 1 atom stereocenters. The maximum atomic E-state index is 12.7. The Kier molecular flexibility index (Phi) is 9.17. The van der Waals surface area contributed by atoms with Gasteiger partial charge in [0.1, 0.15) is 6.04 Å². The van der Waals surface area contributed by atoms with Crippen LogP contribution in [0.4, 0.5) is 10.5 Å². The second-order valence-electron chi connectivity index (χ2n) is 6.46. The summed E-state index contributed by atoms with van der Waals surface area (Å²) in [7, 11) is 0. The van der Waals surface area contributed by atoms with Gasteiger partial charge in [0.25, 0.3) is 0 Å². The van der Waals surface area contributed by atoms with Crippen LogP contribution in [0.2, 0.25) is 0 Å². The Morgan fingerprint density at radius 3 is 2.41 bits per heavy atom. The van der Waals surface area contributed by atoms with E-state index in [2.05, 4.69) is 15.6 Å². The van der Waals surface area contributed by atoms with E-state index >= 15 is 0 Å². The van der Waals surface area contributed by atoms with E-state index in [4.69, 9.17) is 0 Å². The van der Waals surface area contributed by atoms with E-state index in [0.717, 1.165) is 5.56 Å². The van der Waals surface area contributed by atoms with Gasteiger partial charge in [0.05, 0.1) is 0 Å². The quantitative estimate of drug-likeness (QED) is 0.658. The van der Waals surface area contributed by atoms with Gasteiger partial charge in [-0.15, -0.1) is 0 Å². The lowest BCUT2D eigenvalue weighted by Crippen LogP contribution is -2.49. The highest BCUT2D eigenvalue weighted by Crippen LogP contribution is 2.07. The summed E-state index contributed by atoms with van der Waals surface area (Å²) in [6.07, 6.45) is 3.85. The largest absolute Gasteiger partial charge is 0.326 e. The minimum Gasteiger partial charge on any atom is -0.326 e. The van der Waals surface area contributed by atoms with Gasteiger partial charge in [0.15, 0.2) is 5.12 Å². The number of nitrogens with one attached hydrogen (secondary N) is 2. The molecular formula is C21H26N4O3S. The molecule has 8 heteroatoms. The molecule has 2 rings (SSSR count). The summed E-state index contributed by atoms with van der Waals surface area (Å²) in [6, 6.07) is 12.2. The molecule has 0 aliphatic heterocycles. The fourth-order valence-corrected chi connectivity index (χ4v) is 3.15. The molecule has 29 heavy (non-hydrogen) atoms. The lowest BCUT2D eigenvalue weighted by Gasteiger charge is -2.25. The fourth-order valence-electron chi connectivity index (χ4n) is 2.55. The van der Waals surface area contributed by atoms with Crippen LogP contribution in [0.3, 0.4) is 0 Å². The van der Waals surface area contributed by atoms with E-state index in [1.165, 1.54) is 18.7 Å². The Labute approximate surface area is 175 Å². The van der Waals surface area contributed by atoms with Crippen LogP contribution < -0.4 is 10.6 Å². The number of carbonyl (C=O) groups is 3. The van der Waals surface area contributed by atoms with E-state index in [9.17, 15) is 14.4 Å². The van der Waals surface area contributed by atoms with Crippen molar-refractivity contribution in [1.29, 1.82) is 0 Å². The van der Waals surface area contributed by atoms with E-state index < -0.39 is 6.04 Å². The molecule has 7 nitrogen and oxygen atoms in total. The van der Waals surface area contributed by atoms with Crippen LogP contribution in [0, 0.1) is 0 Å². The van der Waals surface area contributed by atoms with Gasteiger partial charge in [0, 0.05) is 43.8 Å². The Bertz CT molecular complexity index is 802. The summed E-state index contributed by atoms with van der Waals surface area (Å²) in [5.41, 5.74) is 1.73. The number of aromatic nitrogens is 1. The minimum absolute atomic E-state index is 0.0125. The van der Waals surface area contributed by atoms with Crippen LogP contribution in [-0.4, -0.2) is 51.8 Å². The summed E-state index contributed by atoms with van der Waals surface area (Å²) < 4.78 is 0. The first-order valence-corrected chi connectivity index (χ1v) is 10.4. The molecule has 1 aromatic carbocycles. The number of pyridine rings is 1. The fraction of sp³-hybridized carbons (Fsp3) is 0.333. The third-order valence-electron chi connectivity index (χ3n) is 4.15. The summed E-state index contributed by atoms with van der Waals surface area (Å²) in [5.74, 6) is 0.195. The van der Waals surface area contributed by atoms with Crippen molar-refractivity contribution in [3.63, 3.8) is 0 Å². The number of thioether (sulfide) groups is 1. The number of nitrogens with zero attached hydrogens (tertiary/aromatic N) is 2. The van der Waals surface area contributed by atoms with Crippen LogP contribution in [-0.2, 0) is 16.0 Å². The van der Waals surface area contributed by atoms with Crippen molar-refractivity contribution < 1.29 is 14.4 Å². The minimum atomic E-state index is -0.713. The van der Waals surface area contributed by atoms with Crippen LogP contribution in [0.25, 0.3) is 0 Å². The second-order valence-corrected chi connectivity index (χ2v) is 7.73. The number of rotatable bonds is 9. The number of hydrogen-bond acceptors (Lipinski definition) is 5. The van der Waals surface area contributed by atoms with Gasteiger partial charge in [-0.1, -0.05) is 42.1 Å². The molecule has 0 spiro atoms. The third kappa shape index (κ3) is 8.35. The Balaban J connectivity index is 1.93. The van der Waals surface area contributed by atoms with Crippen molar-refractivity contribution in [2.45, 2.75) is 26.3 Å². The van der Waals surface area contributed by atoms with Gasteiger partial charge in [0.2, 0.25) is 5.91 Å². The summed E-state index contributed by atoms with van der Waals surface area (Å²) in [4.78, 5) is 41.8. The van der Waals surface area contributed by atoms with Crippen molar-refractivity contribution in [3.8, 4) is 0 Å². The molecule has 0 fully saturated rings. The molecule has 0 bridgehead atoms. The average molecular weight is 415 g/mol. The number of anilines is 1. The Morgan fingerprint density at radius 2 is 1.76 bits per heavy atom. The molecule has 154 valence electrons. The van der Waals surface area contributed by atoms with Crippen LogP contribution in [0.5, 0.6) is 0 Å². The molecule has 1 heterocycles. The molecule has 0 radical (unpaired) electrons. The Hall–Kier alpha value is -2.87. The van der Waals surface area contributed by atoms with Gasteiger partial charge < -0.3 is 15.5 Å². The molecule has 1 aromatic heterocycles. The van der Waals surface area contributed by atoms with Crippen LogP contribution in [0.15, 0.2) is 54.9 Å². The monoisotopic (exact) mass is 414 g/mol. The van der Waals surface area contributed by atoms with Crippen LogP contribution in [0.1, 0.15) is 19.4 Å². The van der Waals surface area contributed by atoms with Crippen LogP contribution >= 0.6 is 11.8 Å². The molecule has 3 amide bonds. The molecule has 0 saturated heterocycles. The van der Waals surface area contributed by atoms with Crippen molar-refractivity contribution in [2.75, 3.05) is 24.2 Å². The maximum absolute atomic E-state index is 12.7.